The van der Waals surface area contributed by atoms with Gasteiger partial charge in [0.15, 0.2) is 0 Å². The molecule has 0 aromatic rings. The molecule has 5 nitrogen and oxygen atoms in total. The molecule has 0 aromatic carbocycles. The lowest BCUT2D eigenvalue weighted by Gasteiger charge is -1.89. The van der Waals surface area contributed by atoms with Gasteiger partial charge in [-0.25, -0.2) is 0 Å². The molecule has 52 valence electrons. The molecule has 0 fully saturated rings. The molecule has 0 heterocycles. The highest BCUT2D eigenvalue weighted by atomic mass is 16.6. The third-order valence-electron chi connectivity index (χ3n) is 0.827. The number of oxime groups is 1. The number of rotatable bonds is 3. The minimum absolute atomic E-state index is 0.171. The summed E-state index contributed by atoms with van der Waals surface area (Å²) in [5.74, 6) is 0. The molecule has 0 unspecified atom stereocenters. The molecular weight excluding hydrogens is 124 g/mol. The molecule has 0 spiro atoms. The first-order chi connectivity index (χ1) is 4.16. The van der Waals surface area contributed by atoms with Crippen LogP contribution in [0.25, 0.3) is 0 Å². The van der Waals surface area contributed by atoms with Crippen molar-refractivity contribution >= 4 is 5.71 Å². The molecule has 0 aliphatic heterocycles. The highest BCUT2D eigenvalue weighted by molar-refractivity contribution is 5.81. The van der Waals surface area contributed by atoms with Gasteiger partial charge in [-0.1, -0.05) is 5.16 Å². The fourth-order valence-electron chi connectivity index (χ4n) is 0.303. The molecule has 0 aliphatic carbocycles. The largest absolute Gasteiger partial charge is 0.411 e. The van der Waals surface area contributed by atoms with Gasteiger partial charge in [0.25, 0.3) is 0 Å². The molecule has 0 aliphatic rings. The summed E-state index contributed by atoms with van der Waals surface area (Å²) >= 11 is 0. The maximum absolute atomic E-state index is 9.69. The van der Waals surface area contributed by atoms with Crippen LogP contribution in [0, 0.1) is 10.1 Å². The van der Waals surface area contributed by atoms with E-state index in [0.29, 0.717) is 5.71 Å². The Labute approximate surface area is 52.1 Å². The summed E-state index contributed by atoms with van der Waals surface area (Å²) in [6.07, 6.45) is 0.212. The van der Waals surface area contributed by atoms with Gasteiger partial charge >= 0.3 is 0 Å². The summed E-state index contributed by atoms with van der Waals surface area (Å²) in [4.78, 5) is 9.24. The summed E-state index contributed by atoms with van der Waals surface area (Å²) in [6, 6.07) is 0. The zero-order valence-electron chi connectivity index (χ0n) is 5.07. The quantitative estimate of drug-likeness (QED) is 0.263. The average Bonchev–Trinajstić information content (AvgIpc) is 1.83. The van der Waals surface area contributed by atoms with E-state index in [4.69, 9.17) is 5.21 Å². The van der Waals surface area contributed by atoms with E-state index >= 15 is 0 Å². The van der Waals surface area contributed by atoms with E-state index in [2.05, 4.69) is 5.16 Å². The van der Waals surface area contributed by atoms with Gasteiger partial charge in [-0.05, 0) is 6.92 Å². The van der Waals surface area contributed by atoms with Crippen molar-refractivity contribution in [2.24, 2.45) is 5.16 Å². The zero-order valence-corrected chi connectivity index (χ0v) is 5.07. The summed E-state index contributed by atoms with van der Waals surface area (Å²) in [6.45, 7) is 1.36. The van der Waals surface area contributed by atoms with Crippen LogP contribution >= 0.6 is 0 Å². The predicted molar refractivity (Wildman–Crippen MR) is 31.4 cm³/mol. The van der Waals surface area contributed by atoms with Crippen molar-refractivity contribution in [3.05, 3.63) is 10.1 Å². The number of nitrogens with zero attached hydrogens (tertiary/aromatic N) is 2. The summed E-state index contributed by atoms with van der Waals surface area (Å²) in [5, 5.41) is 20.5. The first-order valence-electron chi connectivity index (χ1n) is 2.46. The van der Waals surface area contributed by atoms with Gasteiger partial charge in [-0.3, -0.25) is 10.1 Å². The van der Waals surface area contributed by atoms with Crippen molar-refractivity contribution in [1.82, 2.24) is 0 Å². The van der Waals surface area contributed by atoms with Gasteiger partial charge in [0.2, 0.25) is 6.54 Å². The van der Waals surface area contributed by atoms with E-state index in [1.807, 2.05) is 0 Å². The van der Waals surface area contributed by atoms with Crippen molar-refractivity contribution < 1.29 is 10.1 Å². The molecule has 0 atom stereocenters. The van der Waals surface area contributed by atoms with Crippen LogP contribution in [0.1, 0.15) is 13.3 Å². The molecule has 0 bridgehead atoms. The van der Waals surface area contributed by atoms with E-state index in [0.717, 1.165) is 0 Å². The first kappa shape index (κ1) is 7.87. The predicted octanol–water partition coefficient (Wildman–Crippen LogP) is 0.503. The second kappa shape index (κ2) is 3.82. The third kappa shape index (κ3) is 4.73. The van der Waals surface area contributed by atoms with Crippen LogP contribution < -0.4 is 0 Å². The Balaban J connectivity index is 3.39. The minimum Gasteiger partial charge on any atom is -0.411 e. The van der Waals surface area contributed by atoms with Crippen LogP contribution in [0.15, 0.2) is 5.16 Å². The molecule has 1 N–H and O–H groups in total. The SMILES string of the molecule is C/C(CC[N+](=O)[O-])=N\O. The summed E-state index contributed by atoms with van der Waals surface area (Å²) in [7, 11) is 0. The first-order valence-corrected chi connectivity index (χ1v) is 2.46. The van der Waals surface area contributed by atoms with Gasteiger partial charge in [0.05, 0.1) is 12.1 Å². The van der Waals surface area contributed by atoms with Crippen LogP contribution in [-0.4, -0.2) is 22.4 Å². The Bertz CT molecular complexity index is 132. The lowest BCUT2D eigenvalue weighted by atomic mass is 10.3. The topological polar surface area (TPSA) is 75.7 Å². The highest BCUT2D eigenvalue weighted by Crippen LogP contribution is 1.84. The van der Waals surface area contributed by atoms with Crippen molar-refractivity contribution in [2.45, 2.75) is 13.3 Å². The van der Waals surface area contributed by atoms with Gasteiger partial charge in [0.1, 0.15) is 0 Å². The number of hydrogen-bond donors (Lipinski definition) is 1. The minimum atomic E-state index is -0.450. The van der Waals surface area contributed by atoms with E-state index in [1.54, 1.807) is 0 Å². The molecular formula is C4H8N2O3. The van der Waals surface area contributed by atoms with Gasteiger partial charge in [0, 0.05) is 4.92 Å². The van der Waals surface area contributed by atoms with E-state index in [9.17, 15) is 10.1 Å². The molecule has 5 heteroatoms. The maximum atomic E-state index is 9.69. The second-order valence-corrected chi connectivity index (χ2v) is 1.64. The van der Waals surface area contributed by atoms with Crippen LogP contribution in [0.5, 0.6) is 0 Å². The van der Waals surface area contributed by atoms with Crippen molar-refractivity contribution in [3.8, 4) is 0 Å². The molecule has 0 aromatic heterocycles. The van der Waals surface area contributed by atoms with Crippen LogP contribution in [0.4, 0.5) is 0 Å². The van der Waals surface area contributed by atoms with Crippen molar-refractivity contribution in [1.29, 1.82) is 0 Å². The van der Waals surface area contributed by atoms with E-state index in [1.165, 1.54) is 6.92 Å². The van der Waals surface area contributed by atoms with Crippen molar-refractivity contribution in [2.75, 3.05) is 6.54 Å². The lowest BCUT2D eigenvalue weighted by molar-refractivity contribution is -0.478. The Morgan fingerprint density at radius 2 is 2.44 bits per heavy atom. The van der Waals surface area contributed by atoms with Gasteiger partial charge < -0.3 is 5.21 Å². The molecule has 0 amide bonds. The van der Waals surface area contributed by atoms with E-state index < -0.39 is 4.92 Å². The Morgan fingerprint density at radius 1 is 1.89 bits per heavy atom. The molecule has 0 radical (unpaired) electrons. The molecule has 0 saturated heterocycles. The second-order valence-electron chi connectivity index (χ2n) is 1.64. The Morgan fingerprint density at radius 3 is 2.78 bits per heavy atom. The third-order valence-corrected chi connectivity index (χ3v) is 0.827. The van der Waals surface area contributed by atoms with Gasteiger partial charge in [-0.15, -0.1) is 0 Å². The Hall–Kier alpha value is -1.13. The lowest BCUT2D eigenvalue weighted by Crippen LogP contribution is -2.05. The average molecular weight is 132 g/mol. The van der Waals surface area contributed by atoms with Crippen LogP contribution in [-0.2, 0) is 0 Å². The van der Waals surface area contributed by atoms with Crippen molar-refractivity contribution in [3.63, 3.8) is 0 Å². The molecule has 9 heavy (non-hydrogen) atoms. The highest BCUT2D eigenvalue weighted by Gasteiger charge is 1.98. The monoisotopic (exact) mass is 132 g/mol. The summed E-state index contributed by atoms with van der Waals surface area (Å²) in [5.41, 5.74) is 0.381. The number of nitro groups is 1. The van der Waals surface area contributed by atoms with E-state index in [-0.39, 0.29) is 13.0 Å². The molecule has 0 rings (SSSR count). The molecule has 0 saturated carbocycles. The fourth-order valence-corrected chi connectivity index (χ4v) is 0.303. The smallest absolute Gasteiger partial charge is 0.209 e. The Kier molecular flexibility index (Phi) is 3.34. The normalized spacial score (nSPS) is 11.4. The van der Waals surface area contributed by atoms with Crippen LogP contribution in [0.3, 0.4) is 0 Å². The standard InChI is InChI=1S/C4H8N2O3/c1-4(5-7)2-3-6(8)9/h7H,2-3H2,1H3/b5-4+. The van der Waals surface area contributed by atoms with Crippen LogP contribution in [0.2, 0.25) is 0 Å². The summed E-state index contributed by atoms with van der Waals surface area (Å²) < 4.78 is 0. The number of hydrogen-bond acceptors (Lipinski definition) is 4. The zero-order chi connectivity index (χ0) is 7.28. The van der Waals surface area contributed by atoms with Gasteiger partial charge in [-0.2, -0.15) is 0 Å². The maximum Gasteiger partial charge on any atom is 0.209 e. The fraction of sp³-hybridized carbons (Fsp3) is 0.750.